The second kappa shape index (κ2) is 8.64. The second-order valence-corrected chi connectivity index (χ2v) is 8.03. The molecule has 2 aromatic heterocycles. The van der Waals surface area contributed by atoms with Crippen molar-refractivity contribution in [1.82, 2.24) is 24.7 Å². The van der Waals surface area contributed by atoms with Crippen LogP contribution in [0, 0.1) is 5.21 Å². The molecule has 2 aliphatic heterocycles. The van der Waals surface area contributed by atoms with E-state index in [1.54, 1.807) is 22.0 Å². The number of amidine groups is 1. The lowest BCUT2D eigenvalue weighted by atomic mass is 10.2. The molecule has 5 rings (SSSR count). The van der Waals surface area contributed by atoms with E-state index in [2.05, 4.69) is 15.2 Å². The zero-order valence-electron chi connectivity index (χ0n) is 18.6. The summed E-state index contributed by atoms with van der Waals surface area (Å²) in [7, 11) is 0. The zero-order chi connectivity index (χ0) is 22.9. The summed E-state index contributed by atoms with van der Waals surface area (Å²) in [5.74, 6) is 1.15. The van der Waals surface area contributed by atoms with E-state index >= 15 is 0 Å². The minimum absolute atomic E-state index is 0.156. The molecule has 0 radical (unpaired) electrons. The molecule has 10 nitrogen and oxygen atoms in total. The highest BCUT2D eigenvalue weighted by Gasteiger charge is 2.42. The zero-order valence-corrected chi connectivity index (χ0v) is 18.6. The van der Waals surface area contributed by atoms with Crippen molar-refractivity contribution in [2.45, 2.75) is 26.8 Å². The minimum atomic E-state index is -0.346. The van der Waals surface area contributed by atoms with Crippen LogP contribution in [0.25, 0.3) is 11.3 Å². The van der Waals surface area contributed by atoms with Crippen molar-refractivity contribution in [2.75, 3.05) is 19.8 Å². The number of carbonyl (C=O) groups excluding carboxylic acids is 1. The number of quaternary nitrogens is 1. The van der Waals surface area contributed by atoms with Gasteiger partial charge in [-0.25, -0.2) is 0 Å². The first kappa shape index (κ1) is 21.1. The quantitative estimate of drug-likeness (QED) is 0.549. The van der Waals surface area contributed by atoms with Crippen molar-refractivity contribution in [3.63, 3.8) is 0 Å². The van der Waals surface area contributed by atoms with Gasteiger partial charge in [0.15, 0.2) is 5.76 Å². The van der Waals surface area contributed by atoms with Gasteiger partial charge in [-0.1, -0.05) is 42.4 Å². The van der Waals surface area contributed by atoms with Crippen molar-refractivity contribution >= 4 is 11.7 Å². The van der Waals surface area contributed by atoms with E-state index in [4.69, 9.17) is 4.52 Å². The maximum atomic E-state index is 13.2. The SMILES string of the molecule is CCCN1CN(CC)C2=C(C1=O)[NH+]([O-])C(c1cnn(Cc3cc(-c4ccccc4)on3)c1)=N2. The monoisotopic (exact) mass is 447 g/mol. The average molecular weight is 447 g/mol. The lowest BCUT2D eigenvalue weighted by Gasteiger charge is -2.35. The third kappa shape index (κ3) is 3.83. The summed E-state index contributed by atoms with van der Waals surface area (Å²) in [5.41, 5.74) is 2.39. The van der Waals surface area contributed by atoms with Crippen LogP contribution in [-0.2, 0) is 11.3 Å². The van der Waals surface area contributed by atoms with Gasteiger partial charge in [-0.3, -0.25) is 14.5 Å². The van der Waals surface area contributed by atoms with Crippen LogP contribution in [0.4, 0.5) is 0 Å². The van der Waals surface area contributed by atoms with Gasteiger partial charge in [-0.2, -0.15) is 10.1 Å². The molecule has 0 saturated carbocycles. The van der Waals surface area contributed by atoms with Gasteiger partial charge in [0.25, 0.3) is 0 Å². The molecular weight excluding hydrogens is 422 g/mol. The summed E-state index contributed by atoms with van der Waals surface area (Å²) in [5, 5.41) is 21.3. The predicted octanol–water partition coefficient (Wildman–Crippen LogP) is 1.43. The second-order valence-electron chi connectivity index (χ2n) is 8.03. The molecule has 0 saturated heterocycles. The fraction of sp³-hybridized carbons (Fsp3) is 0.304. The summed E-state index contributed by atoms with van der Waals surface area (Å²) in [6, 6.07) is 11.6. The highest BCUT2D eigenvalue weighted by Crippen LogP contribution is 2.23. The highest BCUT2D eigenvalue weighted by atomic mass is 16.5. The van der Waals surface area contributed by atoms with Gasteiger partial charge < -0.3 is 19.5 Å². The molecule has 3 aromatic rings. The summed E-state index contributed by atoms with van der Waals surface area (Å²) in [6.45, 7) is 6.09. The Morgan fingerprint density at radius 2 is 1.97 bits per heavy atom. The Labute approximate surface area is 191 Å². The Morgan fingerprint density at radius 3 is 2.73 bits per heavy atom. The lowest BCUT2D eigenvalue weighted by molar-refractivity contribution is -0.693. The van der Waals surface area contributed by atoms with Crippen LogP contribution in [0.2, 0.25) is 0 Å². The standard InChI is InChI=1S/C23H25N7O3/c1-3-10-28-15-27(4-2)22-20(23(28)31)30(32)21(25-22)17-12-24-29(13-17)14-18-11-19(33-26-18)16-8-6-5-7-9-16/h5-9,11-13,30H,3-4,10,14-15H2,1-2H3. The number of aliphatic imine (C=N–C) groups is 1. The van der Waals surface area contributed by atoms with Gasteiger partial charge in [-0.05, 0) is 13.3 Å². The van der Waals surface area contributed by atoms with Gasteiger partial charge in [0.05, 0.1) is 25.0 Å². The van der Waals surface area contributed by atoms with Crippen LogP contribution in [0.3, 0.4) is 0 Å². The van der Waals surface area contributed by atoms with Crippen molar-refractivity contribution in [2.24, 2.45) is 4.99 Å². The molecule has 1 amide bonds. The molecule has 1 aromatic carbocycles. The number of hydroxylamine groups is 2. The van der Waals surface area contributed by atoms with Crippen molar-refractivity contribution in [1.29, 1.82) is 0 Å². The van der Waals surface area contributed by atoms with E-state index in [0.29, 0.717) is 49.1 Å². The number of benzene rings is 1. The van der Waals surface area contributed by atoms with Gasteiger partial charge in [-0.15, -0.1) is 0 Å². The fourth-order valence-electron chi connectivity index (χ4n) is 4.10. The Balaban J connectivity index is 1.35. The number of nitrogens with zero attached hydrogens (tertiary/aromatic N) is 6. The maximum absolute atomic E-state index is 13.2. The number of aromatic nitrogens is 3. The van der Waals surface area contributed by atoms with E-state index in [-0.39, 0.29) is 22.5 Å². The van der Waals surface area contributed by atoms with E-state index in [0.717, 1.165) is 12.0 Å². The Morgan fingerprint density at radius 1 is 1.15 bits per heavy atom. The van der Waals surface area contributed by atoms with Crippen LogP contribution in [0.5, 0.6) is 0 Å². The third-order valence-electron chi connectivity index (χ3n) is 5.75. The van der Waals surface area contributed by atoms with E-state index in [1.165, 1.54) is 0 Å². The molecule has 10 heteroatoms. The first-order chi connectivity index (χ1) is 16.1. The summed E-state index contributed by atoms with van der Waals surface area (Å²) in [6.07, 6.45) is 4.17. The molecular formula is C23H25N7O3. The first-order valence-electron chi connectivity index (χ1n) is 11.0. The van der Waals surface area contributed by atoms with Crippen LogP contribution in [0.1, 0.15) is 31.5 Å². The smallest absolute Gasteiger partial charge is 0.314 e. The summed E-state index contributed by atoms with van der Waals surface area (Å²) in [4.78, 5) is 21.1. The Kier molecular flexibility index (Phi) is 5.53. The molecule has 170 valence electrons. The van der Waals surface area contributed by atoms with Crippen LogP contribution >= 0.6 is 0 Å². The number of hydrogen-bond acceptors (Lipinski definition) is 7. The first-order valence-corrected chi connectivity index (χ1v) is 11.0. The molecule has 1 atom stereocenters. The third-order valence-corrected chi connectivity index (χ3v) is 5.75. The Bertz CT molecular complexity index is 1230. The Hall–Kier alpha value is -3.76. The van der Waals surface area contributed by atoms with Crippen LogP contribution in [0.15, 0.2) is 69.8 Å². The average Bonchev–Trinajstić information content (AvgIpc) is 3.56. The molecule has 0 fully saturated rings. The molecule has 1 unspecified atom stereocenters. The summed E-state index contributed by atoms with van der Waals surface area (Å²) < 4.78 is 7.13. The molecule has 0 spiro atoms. The van der Waals surface area contributed by atoms with Crippen molar-refractivity contribution in [3.8, 4) is 11.3 Å². The summed E-state index contributed by atoms with van der Waals surface area (Å²) >= 11 is 0. The maximum Gasteiger partial charge on any atom is 0.314 e. The normalized spacial score (nSPS) is 18.2. The van der Waals surface area contributed by atoms with Gasteiger partial charge >= 0.3 is 5.91 Å². The highest BCUT2D eigenvalue weighted by molar-refractivity contribution is 6.01. The van der Waals surface area contributed by atoms with Crippen LogP contribution in [-0.4, -0.2) is 56.2 Å². The number of carbonyl (C=O) groups is 1. The van der Waals surface area contributed by atoms with Crippen molar-refractivity contribution in [3.05, 3.63) is 76.8 Å². The van der Waals surface area contributed by atoms with Crippen LogP contribution < -0.4 is 5.06 Å². The molecule has 4 heterocycles. The minimum Gasteiger partial charge on any atom is -0.622 e. The van der Waals surface area contributed by atoms with E-state index < -0.39 is 0 Å². The van der Waals surface area contributed by atoms with Gasteiger partial charge in [0.1, 0.15) is 5.69 Å². The predicted molar refractivity (Wildman–Crippen MR) is 120 cm³/mol. The number of nitrogens with one attached hydrogen (secondary N) is 1. The molecule has 1 N–H and O–H groups in total. The van der Waals surface area contributed by atoms with Crippen molar-refractivity contribution < 1.29 is 14.4 Å². The topological polar surface area (TPSA) is 107 Å². The van der Waals surface area contributed by atoms with E-state index in [9.17, 15) is 10.0 Å². The molecule has 0 aliphatic carbocycles. The number of amides is 1. The van der Waals surface area contributed by atoms with E-state index in [1.807, 2.05) is 55.1 Å². The lowest BCUT2D eigenvalue weighted by Crippen LogP contribution is -3.08. The number of hydrogen-bond donors (Lipinski definition) is 1. The number of rotatable bonds is 7. The molecule has 0 bridgehead atoms. The van der Waals surface area contributed by atoms with Gasteiger partial charge in [0.2, 0.25) is 17.4 Å². The molecule has 33 heavy (non-hydrogen) atoms. The molecule has 2 aliphatic rings. The van der Waals surface area contributed by atoms with Gasteiger partial charge in [0, 0.05) is 30.9 Å². The fourth-order valence-corrected chi connectivity index (χ4v) is 4.10. The largest absolute Gasteiger partial charge is 0.622 e.